The van der Waals surface area contributed by atoms with Crippen LogP contribution in [-0.4, -0.2) is 67.5 Å². The van der Waals surface area contributed by atoms with E-state index in [2.05, 4.69) is 10.6 Å². The Morgan fingerprint density at radius 2 is 1.18 bits per heavy atom. The minimum absolute atomic E-state index is 0.145. The van der Waals surface area contributed by atoms with Gasteiger partial charge in [0.1, 0.15) is 11.2 Å². The second-order valence-corrected chi connectivity index (χ2v) is 12.6. The van der Waals surface area contributed by atoms with Crippen molar-refractivity contribution in [2.24, 2.45) is 0 Å². The van der Waals surface area contributed by atoms with Gasteiger partial charge < -0.3 is 25.2 Å². The molecule has 0 aliphatic heterocycles. The van der Waals surface area contributed by atoms with E-state index in [1.54, 1.807) is 20.8 Å². The molecule has 200 valence electrons. The van der Waals surface area contributed by atoms with E-state index in [0.29, 0.717) is 12.8 Å². The van der Waals surface area contributed by atoms with Gasteiger partial charge in [-0.05, 0) is 67.2 Å². The third-order valence-electron chi connectivity index (χ3n) is 5.13. The van der Waals surface area contributed by atoms with Crippen LogP contribution >= 0.6 is 0 Å². The number of aliphatic hydroxyl groups is 1. The van der Waals surface area contributed by atoms with Crippen molar-refractivity contribution in [3.63, 3.8) is 0 Å². The largest absolute Gasteiger partial charge is 0.444 e. The van der Waals surface area contributed by atoms with Crippen molar-refractivity contribution in [1.29, 1.82) is 0 Å². The number of ether oxygens (including phenoxy) is 2. The minimum atomic E-state index is -3.52. The fraction of sp³-hybridized carbons (Fsp3) is 0.913. The number of aliphatic hydroxyl groups excluding tert-OH is 1. The smallest absolute Gasteiger partial charge is 0.407 e. The maximum Gasteiger partial charge on any atom is 0.407 e. The molecule has 2 aliphatic rings. The van der Waals surface area contributed by atoms with Crippen LogP contribution in [0.1, 0.15) is 92.9 Å². The fourth-order valence-electron chi connectivity index (χ4n) is 3.80. The van der Waals surface area contributed by atoms with Crippen LogP contribution < -0.4 is 10.6 Å². The van der Waals surface area contributed by atoms with Gasteiger partial charge >= 0.3 is 12.2 Å². The first-order chi connectivity index (χ1) is 15.5. The highest BCUT2D eigenvalue weighted by atomic mass is 32.2. The zero-order valence-corrected chi connectivity index (χ0v) is 22.5. The van der Waals surface area contributed by atoms with Gasteiger partial charge in [0.25, 0.3) is 10.1 Å². The van der Waals surface area contributed by atoms with Crippen molar-refractivity contribution in [2.75, 3.05) is 6.26 Å². The number of carbonyl (C=O) groups is 2. The highest BCUT2D eigenvalue weighted by molar-refractivity contribution is 7.86. The highest BCUT2D eigenvalue weighted by Gasteiger charge is 2.31. The van der Waals surface area contributed by atoms with Crippen molar-refractivity contribution in [1.82, 2.24) is 10.6 Å². The maximum atomic E-state index is 11.7. The van der Waals surface area contributed by atoms with E-state index in [4.69, 9.17) is 13.7 Å². The average Bonchev–Trinajstić information content (AvgIpc) is 2.61. The first kappa shape index (κ1) is 30.4. The number of rotatable bonds is 4. The Morgan fingerprint density at radius 1 is 0.765 bits per heavy atom. The number of alkyl carbamates (subject to hydrolysis) is 2. The SMILES string of the molecule is CC(C)(C)OC(=O)N[C@@H]1CCCC[C@H]1O.CC(C)(C)OC(=O)N[C@@H]1CCCC[C@H]1OS(C)(=O)=O. The van der Waals surface area contributed by atoms with Gasteiger partial charge in [0.15, 0.2) is 0 Å². The molecule has 4 atom stereocenters. The summed E-state index contributed by atoms with van der Waals surface area (Å²) < 4.78 is 37.7. The number of nitrogens with one attached hydrogen (secondary N) is 2. The molecule has 2 saturated carbocycles. The van der Waals surface area contributed by atoms with E-state index in [0.717, 1.165) is 44.8 Å². The van der Waals surface area contributed by atoms with E-state index in [1.807, 2.05) is 20.8 Å². The van der Waals surface area contributed by atoms with E-state index < -0.39 is 45.7 Å². The molecule has 2 amide bonds. The summed E-state index contributed by atoms with van der Waals surface area (Å²) in [6, 6.07) is -0.466. The Morgan fingerprint density at radius 3 is 1.62 bits per heavy atom. The zero-order chi connectivity index (χ0) is 26.2. The third-order valence-corrected chi connectivity index (χ3v) is 5.73. The zero-order valence-electron chi connectivity index (χ0n) is 21.7. The summed E-state index contributed by atoms with van der Waals surface area (Å²) in [4.78, 5) is 23.1. The molecule has 0 aromatic carbocycles. The standard InChI is InChI=1S/C12H23NO5S.C11H21NO3/c1-12(2,3)17-11(14)13-9-7-5-6-8-10(9)18-19(4,15)16;1-11(2,3)15-10(14)12-8-6-4-5-7-9(8)13/h9-10H,5-8H2,1-4H3,(H,13,14);8-9,13H,4-7H2,1-3H3,(H,12,14)/t9-,10-;8-,9-/m11/s1. The topological polar surface area (TPSA) is 140 Å². The predicted molar refractivity (Wildman–Crippen MR) is 129 cm³/mol. The lowest BCUT2D eigenvalue weighted by Crippen LogP contribution is -2.48. The van der Waals surface area contributed by atoms with Crippen molar-refractivity contribution >= 4 is 22.3 Å². The molecule has 0 spiro atoms. The molecule has 2 fully saturated rings. The molecule has 10 nitrogen and oxygen atoms in total. The van der Waals surface area contributed by atoms with E-state index in [1.165, 1.54) is 0 Å². The van der Waals surface area contributed by atoms with Crippen LogP contribution in [0.3, 0.4) is 0 Å². The normalized spacial score (nSPS) is 25.9. The molecule has 0 heterocycles. The van der Waals surface area contributed by atoms with Crippen LogP contribution in [0.25, 0.3) is 0 Å². The lowest BCUT2D eigenvalue weighted by Gasteiger charge is -2.31. The Bertz CT molecular complexity index is 758. The first-order valence-corrected chi connectivity index (χ1v) is 13.8. The van der Waals surface area contributed by atoms with Crippen LogP contribution in [0.4, 0.5) is 9.59 Å². The molecule has 0 aromatic rings. The van der Waals surface area contributed by atoms with Gasteiger partial charge in [-0.15, -0.1) is 0 Å². The molecule has 3 N–H and O–H groups in total. The second-order valence-electron chi connectivity index (χ2n) is 11.0. The molecular formula is C23H44N2O8S. The summed E-state index contributed by atoms with van der Waals surface area (Å²) >= 11 is 0. The average molecular weight is 509 g/mol. The monoisotopic (exact) mass is 508 g/mol. The highest BCUT2D eigenvalue weighted by Crippen LogP contribution is 2.23. The van der Waals surface area contributed by atoms with Crippen molar-refractivity contribution in [2.45, 2.75) is 128 Å². The molecule has 0 saturated heterocycles. The summed E-state index contributed by atoms with van der Waals surface area (Å²) in [5, 5.41) is 15.1. The van der Waals surface area contributed by atoms with Crippen LogP contribution in [0.2, 0.25) is 0 Å². The summed E-state index contributed by atoms with van der Waals surface area (Å²) in [6.07, 6.45) is 5.94. The number of amides is 2. The van der Waals surface area contributed by atoms with E-state index >= 15 is 0 Å². The Hall–Kier alpha value is -1.59. The second kappa shape index (κ2) is 12.9. The van der Waals surface area contributed by atoms with Crippen molar-refractivity contribution < 1.29 is 36.8 Å². The van der Waals surface area contributed by atoms with Gasteiger partial charge in [0.05, 0.1) is 30.5 Å². The first-order valence-electron chi connectivity index (χ1n) is 12.0. The van der Waals surface area contributed by atoms with Crippen LogP contribution in [0.5, 0.6) is 0 Å². The summed E-state index contributed by atoms with van der Waals surface area (Å²) in [7, 11) is -3.52. The van der Waals surface area contributed by atoms with Crippen LogP contribution in [-0.2, 0) is 23.8 Å². The van der Waals surface area contributed by atoms with Gasteiger partial charge in [-0.2, -0.15) is 8.42 Å². The molecule has 2 rings (SSSR count). The number of hydrogen-bond acceptors (Lipinski definition) is 8. The predicted octanol–water partition coefficient (Wildman–Crippen LogP) is 3.61. The lowest BCUT2D eigenvalue weighted by molar-refractivity contribution is 0.0362. The van der Waals surface area contributed by atoms with Crippen molar-refractivity contribution in [3.8, 4) is 0 Å². The molecule has 0 aromatic heterocycles. The Balaban J connectivity index is 0.000000350. The van der Waals surface area contributed by atoms with Crippen molar-refractivity contribution in [3.05, 3.63) is 0 Å². The summed E-state index contributed by atoms with van der Waals surface area (Å²) in [5.41, 5.74) is -1.06. The van der Waals surface area contributed by atoms with Gasteiger partial charge in [-0.25, -0.2) is 9.59 Å². The van der Waals surface area contributed by atoms with Gasteiger partial charge in [0, 0.05) is 0 Å². The quantitative estimate of drug-likeness (QED) is 0.489. The molecule has 0 radical (unpaired) electrons. The maximum absolute atomic E-state index is 11.7. The third kappa shape index (κ3) is 14.0. The molecule has 0 bridgehead atoms. The minimum Gasteiger partial charge on any atom is -0.444 e. The molecule has 34 heavy (non-hydrogen) atoms. The molecular weight excluding hydrogens is 464 g/mol. The molecule has 2 aliphatic carbocycles. The summed E-state index contributed by atoms with van der Waals surface area (Å²) in [6.45, 7) is 10.8. The fourth-order valence-corrected chi connectivity index (χ4v) is 4.48. The molecule has 11 heteroatoms. The lowest BCUT2D eigenvalue weighted by atomic mass is 9.93. The Kier molecular flexibility index (Phi) is 11.6. The van der Waals surface area contributed by atoms with E-state index in [-0.39, 0.29) is 12.1 Å². The van der Waals surface area contributed by atoms with Gasteiger partial charge in [-0.1, -0.05) is 25.7 Å². The molecule has 0 unspecified atom stereocenters. The number of hydrogen-bond donors (Lipinski definition) is 3. The van der Waals surface area contributed by atoms with Gasteiger partial charge in [-0.3, -0.25) is 4.18 Å². The van der Waals surface area contributed by atoms with Crippen LogP contribution in [0.15, 0.2) is 0 Å². The Labute approximate surface area is 204 Å². The van der Waals surface area contributed by atoms with E-state index in [9.17, 15) is 23.1 Å². The summed E-state index contributed by atoms with van der Waals surface area (Å²) in [5.74, 6) is 0. The van der Waals surface area contributed by atoms with Gasteiger partial charge in [0.2, 0.25) is 0 Å². The van der Waals surface area contributed by atoms with Crippen LogP contribution in [0, 0.1) is 0 Å². The number of carbonyl (C=O) groups excluding carboxylic acids is 2.